The summed E-state index contributed by atoms with van der Waals surface area (Å²) >= 11 is 15.3. The first-order valence-electron chi connectivity index (χ1n) is 19.0. The van der Waals surface area contributed by atoms with E-state index in [2.05, 4.69) is 74.1 Å². The zero-order chi connectivity index (χ0) is 43.1. The number of methoxy groups -OCH3 is 1. The number of piperazine rings is 2. The van der Waals surface area contributed by atoms with Crippen LogP contribution in [0.4, 0.5) is 14.7 Å². The van der Waals surface area contributed by atoms with Gasteiger partial charge in [-0.2, -0.15) is 8.61 Å². The lowest BCUT2D eigenvalue weighted by atomic mass is 10.1. The normalized spacial score (nSPS) is 15.4. The van der Waals surface area contributed by atoms with Crippen LogP contribution in [0.3, 0.4) is 0 Å². The van der Waals surface area contributed by atoms with Crippen molar-refractivity contribution in [1.82, 2.24) is 28.5 Å². The van der Waals surface area contributed by atoms with Gasteiger partial charge in [-0.3, -0.25) is 0 Å². The van der Waals surface area contributed by atoms with Gasteiger partial charge in [-0.05, 0) is 104 Å². The van der Waals surface area contributed by atoms with Crippen LogP contribution in [0.25, 0.3) is 0 Å². The average molecular weight is 1060 g/mol. The lowest BCUT2D eigenvalue weighted by molar-refractivity contribution is 0.384. The summed E-state index contributed by atoms with van der Waals surface area (Å²) in [6.07, 6.45) is 5.05. The molecule has 13 nitrogen and oxygen atoms in total. The van der Waals surface area contributed by atoms with Gasteiger partial charge < -0.3 is 14.5 Å². The van der Waals surface area contributed by atoms with Crippen molar-refractivity contribution in [3.8, 4) is 5.75 Å². The molecule has 0 saturated carbocycles. The summed E-state index contributed by atoms with van der Waals surface area (Å²) in [6, 6.07) is 19.2. The van der Waals surface area contributed by atoms with E-state index in [1.165, 1.54) is 44.0 Å². The molecule has 0 unspecified atom stereocenters. The van der Waals surface area contributed by atoms with Gasteiger partial charge in [0.2, 0.25) is 20.0 Å². The summed E-state index contributed by atoms with van der Waals surface area (Å²) in [5.41, 5.74) is 3.95. The summed E-state index contributed by atoms with van der Waals surface area (Å²) in [6.45, 7) is 3.93. The van der Waals surface area contributed by atoms with Crippen LogP contribution < -0.4 is 14.5 Å². The number of rotatable bonds is 12. The molecular weight excluding hydrogens is 1020 g/mol. The van der Waals surface area contributed by atoms with Crippen LogP contribution in [0.2, 0.25) is 5.02 Å². The number of anilines is 2. The lowest BCUT2D eigenvalue weighted by Crippen LogP contribution is -2.48. The minimum atomic E-state index is -3.57. The monoisotopic (exact) mass is 1050 g/mol. The van der Waals surface area contributed by atoms with Crippen LogP contribution in [-0.2, 0) is 39.3 Å². The Balaban J connectivity index is 0.000000184. The third-order valence-electron chi connectivity index (χ3n) is 9.97. The average Bonchev–Trinajstić information content (AvgIpc) is 3.95. The van der Waals surface area contributed by atoms with Crippen LogP contribution in [0.1, 0.15) is 22.5 Å². The Morgan fingerprint density at radius 2 is 1.16 bits per heavy atom. The number of sulfonamides is 2. The van der Waals surface area contributed by atoms with Gasteiger partial charge in [-0.25, -0.2) is 41.2 Å². The molecule has 4 aromatic heterocycles. The summed E-state index contributed by atoms with van der Waals surface area (Å²) in [5.74, 6) is 0.417. The molecule has 2 saturated heterocycles. The summed E-state index contributed by atoms with van der Waals surface area (Å²) in [5, 5.41) is 5.92. The molecule has 6 aromatic rings. The first-order chi connectivity index (χ1) is 29.3. The van der Waals surface area contributed by atoms with E-state index in [1.54, 1.807) is 54.8 Å². The lowest BCUT2D eigenvalue weighted by Gasteiger charge is -2.33. The molecule has 21 heteroatoms. The first kappa shape index (κ1) is 45.4. The molecule has 61 heavy (non-hydrogen) atoms. The van der Waals surface area contributed by atoms with E-state index in [4.69, 9.17) is 21.3 Å². The molecule has 2 aliphatic heterocycles. The van der Waals surface area contributed by atoms with Gasteiger partial charge in [-0.1, -0.05) is 29.8 Å². The summed E-state index contributed by atoms with van der Waals surface area (Å²) < 4.78 is 74.3. The highest BCUT2D eigenvalue weighted by atomic mass is 79.9. The topological polar surface area (TPSA) is 142 Å². The number of pyridine rings is 2. The van der Waals surface area contributed by atoms with Gasteiger partial charge in [0.15, 0.2) is 10.3 Å². The number of halogens is 4. The van der Waals surface area contributed by atoms with Crippen LogP contribution >= 0.6 is 66.1 Å². The Hall–Kier alpha value is -3.60. The third kappa shape index (κ3) is 11.5. The van der Waals surface area contributed by atoms with Gasteiger partial charge in [-0.15, -0.1) is 22.7 Å². The van der Waals surface area contributed by atoms with Crippen molar-refractivity contribution in [2.75, 3.05) is 69.3 Å². The van der Waals surface area contributed by atoms with E-state index in [-0.39, 0.29) is 14.8 Å². The number of hydrogen-bond acceptors (Lipinski definition) is 13. The van der Waals surface area contributed by atoms with Gasteiger partial charge in [0, 0.05) is 81.9 Å². The molecule has 0 aliphatic carbocycles. The number of benzene rings is 2. The quantitative estimate of drug-likeness (QED) is 0.111. The maximum Gasteiger partial charge on any atom is 0.244 e. The SMILES string of the molecule is COc1ccc(CCc2csc(N3CCN(S(=O)(=O)c4ccc(Br)nc4)CC3)n2)cc1.O=S(=O)(c1ccc(Br)nc1)N1CCN(c2nc(Cc3ccc(Cl)c(F)c3)cs2)CC1. The molecule has 0 radical (unpaired) electrons. The molecular formula is C40H40Br2ClFN8O5S4. The smallest absolute Gasteiger partial charge is 0.244 e. The molecule has 0 N–H and O–H groups in total. The Kier molecular flexibility index (Phi) is 15.1. The fourth-order valence-electron chi connectivity index (χ4n) is 6.57. The Labute approximate surface area is 384 Å². The van der Waals surface area contributed by atoms with Crippen molar-refractivity contribution < 1.29 is 26.0 Å². The second kappa shape index (κ2) is 20.3. The highest BCUT2D eigenvalue weighted by Crippen LogP contribution is 2.28. The van der Waals surface area contributed by atoms with Crippen LogP contribution in [0.15, 0.2) is 109 Å². The van der Waals surface area contributed by atoms with E-state index in [1.807, 2.05) is 17.5 Å². The molecule has 322 valence electrons. The molecule has 0 bridgehead atoms. The highest BCUT2D eigenvalue weighted by Gasteiger charge is 2.31. The maximum absolute atomic E-state index is 13.6. The van der Waals surface area contributed by atoms with Crippen LogP contribution in [-0.4, -0.2) is 105 Å². The fourth-order valence-corrected chi connectivity index (χ4v) is 11.7. The van der Waals surface area contributed by atoms with E-state index in [9.17, 15) is 21.2 Å². The predicted molar refractivity (Wildman–Crippen MR) is 245 cm³/mol. The Morgan fingerprint density at radius 3 is 1.64 bits per heavy atom. The maximum atomic E-state index is 13.6. The van der Waals surface area contributed by atoms with Crippen LogP contribution in [0.5, 0.6) is 5.75 Å². The highest BCUT2D eigenvalue weighted by molar-refractivity contribution is 9.10. The number of hydrogen-bond donors (Lipinski definition) is 0. The van der Waals surface area contributed by atoms with Gasteiger partial charge in [0.1, 0.15) is 30.6 Å². The van der Waals surface area contributed by atoms with Crippen molar-refractivity contribution in [3.05, 3.63) is 132 Å². The number of aromatic nitrogens is 4. The Bertz CT molecular complexity index is 2630. The first-order valence-corrected chi connectivity index (χ1v) is 25.6. The van der Waals surface area contributed by atoms with Crippen LogP contribution in [0, 0.1) is 5.82 Å². The summed E-state index contributed by atoms with van der Waals surface area (Å²) in [4.78, 5) is 22.1. The van der Waals surface area contributed by atoms with Crippen molar-refractivity contribution in [2.24, 2.45) is 0 Å². The second-order valence-corrected chi connectivity index (χ2v) is 21.5. The largest absolute Gasteiger partial charge is 0.497 e. The van der Waals surface area contributed by atoms with Gasteiger partial charge in [0.05, 0.1) is 23.5 Å². The zero-order valence-electron chi connectivity index (χ0n) is 32.7. The van der Waals surface area contributed by atoms with Gasteiger partial charge >= 0.3 is 0 Å². The Morgan fingerprint density at radius 1 is 0.672 bits per heavy atom. The van der Waals surface area contributed by atoms with E-state index in [0.717, 1.165) is 45.8 Å². The number of aryl methyl sites for hydroxylation is 2. The molecule has 2 aromatic carbocycles. The predicted octanol–water partition coefficient (Wildman–Crippen LogP) is 7.80. The molecule has 0 atom stereocenters. The zero-order valence-corrected chi connectivity index (χ0v) is 39.9. The number of nitrogens with zero attached hydrogens (tertiary/aromatic N) is 8. The van der Waals surface area contributed by atoms with Crippen molar-refractivity contribution >= 4 is 96.4 Å². The minimum Gasteiger partial charge on any atom is -0.497 e. The summed E-state index contributed by atoms with van der Waals surface area (Å²) in [7, 11) is -5.43. The second-order valence-electron chi connectivity index (χ2n) is 13.9. The van der Waals surface area contributed by atoms with Crippen molar-refractivity contribution in [3.63, 3.8) is 0 Å². The van der Waals surface area contributed by atoms with E-state index in [0.29, 0.717) is 68.0 Å². The third-order valence-corrected chi connectivity index (χ3v) is 16.9. The molecule has 0 amide bonds. The molecule has 6 heterocycles. The molecule has 0 spiro atoms. The fraction of sp³-hybridized carbons (Fsp3) is 0.300. The molecule has 2 aliphatic rings. The van der Waals surface area contributed by atoms with E-state index < -0.39 is 25.9 Å². The van der Waals surface area contributed by atoms with Crippen molar-refractivity contribution in [2.45, 2.75) is 29.1 Å². The molecule has 8 rings (SSSR count). The van der Waals surface area contributed by atoms with Gasteiger partial charge in [0.25, 0.3) is 0 Å². The number of thiazole rings is 2. The standard InChI is InChI=1S/C21H23BrN4O3S2.C19H17BrClFN4O2S2/c1-29-18-6-3-16(4-7-18)2-5-17-15-30-21(24-17)25-10-12-26(13-11-25)31(27,28)19-8-9-20(22)23-14-19;20-18-4-2-15(11-23-18)30(27,28)26-7-5-25(6-8-26)19-24-14(12-29-19)9-13-1-3-16(21)17(22)10-13/h3-4,6-9,14-15H,2,5,10-13H2,1H3;1-4,10-12H,5-9H2. The van der Waals surface area contributed by atoms with E-state index >= 15 is 0 Å². The minimum absolute atomic E-state index is 0.101. The van der Waals surface area contributed by atoms with Crippen molar-refractivity contribution in [1.29, 1.82) is 0 Å². The number of ether oxygens (including phenoxy) is 1. The molecule has 2 fully saturated rings.